The lowest BCUT2D eigenvalue weighted by atomic mass is 10.1. The highest BCUT2D eigenvalue weighted by Gasteiger charge is 2.41. The van der Waals surface area contributed by atoms with Crippen LogP contribution in [0.25, 0.3) is 0 Å². The van der Waals surface area contributed by atoms with Crippen LogP contribution in [0.3, 0.4) is 0 Å². The van der Waals surface area contributed by atoms with Crippen molar-refractivity contribution in [2.24, 2.45) is 0 Å². The first kappa shape index (κ1) is 18.8. The summed E-state index contributed by atoms with van der Waals surface area (Å²) in [6, 6.07) is 7.83. The van der Waals surface area contributed by atoms with Gasteiger partial charge in [0.05, 0.1) is 6.54 Å². The first-order valence-electron chi connectivity index (χ1n) is 9.19. The molecule has 2 aliphatic heterocycles. The van der Waals surface area contributed by atoms with Crippen molar-refractivity contribution in [1.82, 2.24) is 14.5 Å². The molecule has 1 atom stereocenters. The molecule has 1 fully saturated rings. The van der Waals surface area contributed by atoms with Gasteiger partial charge < -0.3 is 34.5 Å². The predicted octanol–water partition coefficient (Wildman–Crippen LogP) is 1.82. The fourth-order valence-electron chi connectivity index (χ4n) is 3.52. The Kier molecular flexibility index (Phi) is 4.65. The number of rotatable bonds is 5. The Morgan fingerprint density at radius 3 is 2.79 bits per heavy atom. The predicted molar refractivity (Wildman–Crippen MR) is 102 cm³/mol. The van der Waals surface area contributed by atoms with Gasteiger partial charge in [-0.05, 0) is 24.0 Å². The Labute approximate surface area is 166 Å². The third kappa shape index (κ3) is 3.89. The van der Waals surface area contributed by atoms with E-state index < -0.39 is 16.6 Å². The van der Waals surface area contributed by atoms with Crippen molar-refractivity contribution in [2.45, 2.75) is 19.1 Å². The maximum atomic E-state index is 11.0. The number of aromatic nitrogens is 2. The van der Waals surface area contributed by atoms with E-state index in [1.54, 1.807) is 4.57 Å². The van der Waals surface area contributed by atoms with Gasteiger partial charge >= 0.3 is 17.9 Å². The van der Waals surface area contributed by atoms with E-state index in [0.29, 0.717) is 38.5 Å². The minimum atomic E-state index is -0.892. The minimum absolute atomic E-state index is 0.216. The van der Waals surface area contributed by atoms with Crippen molar-refractivity contribution in [3.63, 3.8) is 0 Å². The molecule has 29 heavy (non-hydrogen) atoms. The molecule has 11 heteroatoms. The average molecular weight is 403 g/mol. The molecule has 0 radical (unpaired) electrons. The Morgan fingerprint density at radius 1 is 1.38 bits per heavy atom. The van der Waals surface area contributed by atoms with Crippen LogP contribution in [0.5, 0.6) is 11.8 Å². The average Bonchev–Trinajstić information content (AvgIpc) is 3.22. The molecule has 0 saturated carbocycles. The summed E-state index contributed by atoms with van der Waals surface area (Å²) in [5, 5.41) is 19.9. The van der Waals surface area contributed by atoms with Gasteiger partial charge in [0.2, 0.25) is 0 Å². The van der Waals surface area contributed by atoms with E-state index in [9.17, 15) is 14.9 Å². The van der Waals surface area contributed by atoms with Crippen LogP contribution < -0.4 is 14.4 Å². The second kappa shape index (κ2) is 7.15. The molecule has 1 saturated heterocycles. The first-order valence-corrected chi connectivity index (χ1v) is 9.19. The normalized spacial score (nSPS) is 20.9. The smallest absolute Gasteiger partial charge is 0.415 e. The first-order chi connectivity index (χ1) is 13.8. The zero-order valence-electron chi connectivity index (χ0n) is 15.9. The zero-order chi connectivity index (χ0) is 20.6. The van der Waals surface area contributed by atoms with Gasteiger partial charge in [-0.25, -0.2) is 4.79 Å². The number of ether oxygens (including phenoxy) is 2. The standard InChI is InChI=1S/C18H21N5O6/c1-18(11-22-10-15(23(26)27)19-16(22)29-18)12-28-14-4-2-3-13(9-14)20-5-7-21(8-6-20)17(24)25/h2-4,9-10H,5-8,11-12H2,1H3,(H,24,25)/t18-/m1/s1. The van der Waals surface area contributed by atoms with Gasteiger partial charge in [-0.15, -0.1) is 0 Å². The molecule has 1 amide bonds. The van der Waals surface area contributed by atoms with Gasteiger partial charge in [0.25, 0.3) is 0 Å². The Hall–Kier alpha value is -3.50. The molecule has 0 bridgehead atoms. The summed E-state index contributed by atoms with van der Waals surface area (Å²) in [5.41, 5.74) is 0.286. The third-order valence-corrected chi connectivity index (χ3v) is 5.03. The van der Waals surface area contributed by atoms with Crippen LogP contribution in [0.1, 0.15) is 6.92 Å². The monoisotopic (exact) mass is 403 g/mol. The lowest BCUT2D eigenvalue weighted by molar-refractivity contribution is -0.389. The molecule has 4 rings (SSSR count). The SMILES string of the molecule is C[C@]1(COc2cccc(N3CCN(C(=O)O)CC3)c2)Cn2cc([N+](=O)[O-])nc2O1. The number of amides is 1. The number of fused-ring (bicyclic) bond motifs is 1. The molecule has 2 aromatic rings. The van der Waals surface area contributed by atoms with Crippen molar-refractivity contribution < 1.29 is 24.3 Å². The summed E-state index contributed by atoms with van der Waals surface area (Å²) in [6.45, 7) is 4.68. The van der Waals surface area contributed by atoms with Gasteiger partial charge in [-0.3, -0.25) is 4.57 Å². The Morgan fingerprint density at radius 2 is 2.14 bits per heavy atom. The van der Waals surface area contributed by atoms with Gasteiger partial charge in [0, 0.05) is 42.9 Å². The fourth-order valence-corrected chi connectivity index (χ4v) is 3.52. The lowest BCUT2D eigenvalue weighted by Crippen LogP contribution is -2.48. The molecule has 3 heterocycles. The number of nitrogens with zero attached hydrogens (tertiary/aromatic N) is 5. The third-order valence-electron chi connectivity index (χ3n) is 5.03. The van der Waals surface area contributed by atoms with E-state index in [0.717, 1.165) is 5.69 Å². The molecule has 1 aromatic heterocycles. The van der Waals surface area contributed by atoms with Gasteiger partial charge in [-0.1, -0.05) is 6.07 Å². The van der Waals surface area contributed by atoms with Crippen molar-refractivity contribution >= 4 is 17.6 Å². The molecular weight excluding hydrogens is 382 g/mol. The molecule has 2 aliphatic rings. The van der Waals surface area contributed by atoms with Crippen LogP contribution in [-0.4, -0.2) is 69.0 Å². The summed E-state index contributed by atoms with van der Waals surface area (Å²) in [5.74, 6) is 0.433. The van der Waals surface area contributed by atoms with Gasteiger partial charge in [-0.2, -0.15) is 0 Å². The van der Waals surface area contributed by atoms with Crippen LogP contribution in [0.2, 0.25) is 0 Å². The largest absolute Gasteiger partial charge is 0.489 e. The number of hydrogen-bond acceptors (Lipinski definition) is 7. The Bertz CT molecular complexity index is 913. The molecule has 1 N–H and O–H groups in total. The highest BCUT2D eigenvalue weighted by atomic mass is 16.6. The van der Waals surface area contributed by atoms with E-state index in [4.69, 9.17) is 14.6 Å². The number of anilines is 1. The van der Waals surface area contributed by atoms with E-state index in [-0.39, 0.29) is 18.4 Å². The maximum Gasteiger partial charge on any atom is 0.415 e. The van der Waals surface area contributed by atoms with Crippen molar-refractivity contribution in [3.05, 3.63) is 40.6 Å². The number of hydrogen-bond donors (Lipinski definition) is 1. The number of imidazole rings is 1. The van der Waals surface area contributed by atoms with Crippen LogP contribution in [0.4, 0.5) is 16.3 Å². The molecule has 0 aliphatic carbocycles. The fraction of sp³-hybridized carbons (Fsp3) is 0.444. The topological polar surface area (TPSA) is 123 Å². The van der Waals surface area contributed by atoms with Gasteiger partial charge in [0.1, 0.15) is 18.6 Å². The number of benzene rings is 1. The summed E-state index contributed by atoms with van der Waals surface area (Å²) in [6.07, 6.45) is 0.467. The maximum absolute atomic E-state index is 11.0. The van der Waals surface area contributed by atoms with Crippen LogP contribution in [0.15, 0.2) is 30.5 Å². The summed E-state index contributed by atoms with van der Waals surface area (Å²) < 4.78 is 13.3. The summed E-state index contributed by atoms with van der Waals surface area (Å²) >= 11 is 0. The number of carboxylic acid groups (broad SMARTS) is 1. The number of nitro groups is 1. The highest BCUT2D eigenvalue weighted by Crippen LogP contribution is 2.32. The number of piperazine rings is 1. The zero-order valence-corrected chi connectivity index (χ0v) is 15.9. The molecule has 11 nitrogen and oxygen atoms in total. The minimum Gasteiger partial charge on any atom is -0.489 e. The molecule has 0 spiro atoms. The number of carbonyl (C=O) groups is 1. The van der Waals surface area contributed by atoms with Crippen LogP contribution in [-0.2, 0) is 6.54 Å². The van der Waals surface area contributed by atoms with Crippen molar-refractivity contribution in [3.8, 4) is 11.8 Å². The second-order valence-corrected chi connectivity index (χ2v) is 7.36. The molecule has 0 unspecified atom stereocenters. The molecule has 1 aromatic carbocycles. The summed E-state index contributed by atoms with van der Waals surface area (Å²) in [7, 11) is 0. The Balaban J connectivity index is 1.36. The van der Waals surface area contributed by atoms with E-state index >= 15 is 0 Å². The second-order valence-electron chi connectivity index (χ2n) is 7.36. The quantitative estimate of drug-likeness (QED) is 0.592. The van der Waals surface area contributed by atoms with Crippen LogP contribution >= 0.6 is 0 Å². The van der Waals surface area contributed by atoms with Crippen molar-refractivity contribution in [1.29, 1.82) is 0 Å². The summed E-state index contributed by atoms with van der Waals surface area (Å²) in [4.78, 5) is 28.7. The van der Waals surface area contributed by atoms with Crippen molar-refractivity contribution in [2.75, 3.05) is 37.7 Å². The lowest BCUT2D eigenvalue weighted by Gasteiger charge is -2.34. The van der Waals surface area contributed by atoms with E-state index in [1.165, 1.54) is 11.1 Å². The van der Waals surface area contributed by atoms with E-state index in [1.807, 2.05) is 31.2 Å². The highest BCUT2D eigenvalue weighted by molar-refractivity contribution is 5.65. The van der Waals surface area contributed by atoms with E-state index in [2.05, 4.69) is 9.88 Å². The molecule has 154 valence electrons. The van der Waals surface area contributed by atoms with Gasteiger partial charge in [0.15, 0.2) is 5.60 Å². The van der Waals surface area contributed by atoms with Crippen LogP contribution in [0, 0.1) is 10.1 Å². The molecular formula is C18H21N5O6.